The minimum atomic E-state index is -4.40. The van der Waals surface area contributed by atoms with Crippen LogP contribution in [0.1, 0.15) is 35.2 Å². The molecular formula is C13H11BrF3NO. The van der Waals surface area contributed by atoms with Gasteiger partial charge in [-0.05, 0) is 59.3 Å². The second kappa shape index (κ2) is 3.98. The van der Waals surface area contributed by atoms with E-state index in [1.54, 1.807) is 0 Å². The molecule has 4 rings (SSSR count). The molecule has 2 bridgehead atoms. The Hall–Kier alpha value is -1.04. The van der Waals surface area contributed by atoms with Gasteiger partial charge in [-0.1, -0.05) is 0 Å². The molecule has 0 saturated heterocycles. The van der Waals surface area contributed by atoms with Crippen LogP contribution in [0, 0.1) is 5.92 Å². The van der Waals surface area contributed by atoms with Crippen molar-refractivity contribution in [3.63, 3.8) is 0 Å². The number of hydrogen-bond donors (Lipinski definition) is 1. The maximum atomic E-state index is 12.5. The van der Waals surface area contributed by atoms with Crippen molar-refractivity contribution in [1.82, 2.24) is 5.32 Å². The van der Waals surface area contributed by atoms with Gasteiger partial charge in [0.05, 0.1) is 11.1 Å². The lowest BCUT2D eigenvalue weighted by Gasteiger charge is -2.61. The topological polar surface area (TPSA) is 29.1 Å². The van der Waals surface area contributed by atoms with Crippen molar-refractivity contribution in [3.8, 4) is 0 Å². The lowest BCUT2D eigenvalue weighted by Crippen LogP contribution is -2.68. The summed E-state index contributed by atoms with van der Waals surface area (Å²) in [6, 6.07) is 3.09. The van der Waals surface area contributed by atoms with Gasteiger partial charge >= 0.3 is 6.18 Å². The van der Waals surface area contributed by atoms with Crippen molar-refractivity contribution in [3.05, 3.63) is 33.8 Å². The van der Waals surface area contributed by atoms with Gasteiger partial charge in [-0.25, -0.2) is 0 Å². The molecule has 0 unspecified atom stereocenters. The number of nitrogens with one attached hydrogen (secondary N) is 1. The SMILES string of the molecule is O=C(NC12CC(C1)C2)c1ccc(C(F)(F)F)cc1Br. The third-order valence-electron chi connectivity index (χ3n) is 3.96. The third kappa shape index (κ3) is 2.16. The van der Waals surface area contributed by atoms with Gasteiger partial charge in [0, 0.05) is 10.0 Å². The number of benzene rings is 1. The average Bonchev–Trinajstić information content (AvgIpc) is 2.20. The minimum absolute atomic E-state index is 0.0795. The monoisotopic (exact) mass is 333 g/mol. The van der Waals surface area contributed by atoms with Crippen LogP contribution in [0.25, 0.3) is 0 Å². The molecule has 0 spiro atoms. The first kappa shape index (κ1) is 13.0. The van der Waals surface area contributed by atoms with Crippen molar-refractivity contribution in [1.29, 1.82) is 0 Å². The maximum absolute atomic E-state index is 12.5. The average molecular weight is 334 g/mol. The zero-order valence-corrected chi connectivity index (χ0v) is 11.4. The van der Waals surface area contributed by atoms with Crippen molar-refractivity contribution < 1.29 is 18.0 Å². The third-order valence-corrected chi connectivity index (χ3v) is 4.61. The molecule has 19 heavy (non-hydrogen) atoms. The molecule has 2 nitrogen and oxygen atoms in total. The molecule has 3 aliphatic carbocycles. The lowest BCUT2D eigenvalue weighted by molar-refractivity contribution is -0.137. The minimum Gasteiger partial charge on any atom is -0.347 e. The molecule has 0 heterocycles. The molecule has 1 amide bonds. The summed E-state index contributed by atoms with van der Waals surface area (Å²) in [5.41, 5.74) is -0.594. The van der Waals surface area contributed by atoms with Crippen LogP contribution in [0.2, 0.25) is 0 Å². The highest BCUT2D eigenvalue weighted by Crippen LogP contribution is 2.57. The van der Waals surface area contributed by atoms with Gasteiger partial charge in [0.25, 0.3) is 5.91 Å². The van der Waals surface area contributed by atoms with E-state index in [9.17, 15) is 18.0 Å². The first-order chi connectivity index (χ1) is 8.79. The molecular weight excluding hydrogens is 323 g/mol. The highest BCUT2D eigenvalue weighted by atomic mass is 79.9. The fourth-order valence-corrected chi connectivity index (χ4v) is 3.37. The van der Waals surface area contributed by atoms with Crippen LogP contribution in [-0.2, 0) is 6.18 Å². The standard InChI is InChI=1S/C13H11BrF3NO/c14-10-3-8(13(15,16)17)1-2-9(10)11(19)18-12-4-7(5-12)6-12/h1-3,7H,4-6H2,(H,18,19). The van der Waals surface area contributed by atoms with Gasteiger partial charge in [0.15, 0.2) is 0 Å². The van der Waals surface area contributed by atoms with Gasteiger partial charge in [-0.15, -0.1) is 0 Å². The quantitative estimate of drug-likeness (QED) is 0.877. The first-order valence-corrected chi connectivity index (χ1v) is 6.78. The molecule has 1 N–H and O–H groups in total. The van der Waals surface area contributed by atoms with Crippen LogP contribution in [0.3, 0.4) is 0 Å². The molecule has 0 aliphatic heterocycles. The Morgan fingerprint density at radius 3 is 2.37 bits per heavy atom. The highest BCUT2D eigenvalue weighted by Gasteiger charge is 2.57. The molecule has 0 radical (unpaired) electrons. The Kier molecular flexibility index (Phi) is 2.71. The number of carbonyl (C=O) groups is 1. The Bertz CT molecular complexity index is 538. The van der Waals surface area contributed by atoms with Crippen molar-refractivity contribution in [2.24, 2.45) is 5.92 Å². The van der Waals surface area contributed by atoms with Crippen LogP contribution < -0.4 is 5.32 Å². The summed E-state index contributed by atoms with van der Waals surface area (Å²) in [5, 5.41) is 2.92. The molecule has 0 atom stereocenters. The van der Waals surface area contributed by atoms with Gasteiger partial charge in [0.1, 0.15) is 0 Å². The molecule has 3 aliphatic rings. The van der Waals surface area contributed by atoms with E-state index in [1.165, 1.54) is 6.07 Å². The smallest absolute Gasteiger partial charge is 0.347 e. The molecule has 0 aromatic heterocycles. The summed E-state index contributed by atoms with van der Waals surface area (Å²) in [7, 11) is 0. The van der Waals surface area contributed by atoms with E-state index >= 15 is 0 Å². The van der Waals surface area contributed by atoms with Gasteiger partial charge in [-0.3, -0.25) is 4.79 Å². The van der Waals surface area contributed by atoms with Crippen molar-refractivity contribution >= 4 is 21.8 Å². The fraction of sp³-hybridized carbons (Fsp3) is 0.462. The number of alkyl halides is 3. The second-order valence-electron chi connectivity index (χ2n) is 5.41. The van der Waals surface area contributed by atoms with E-state index in [4.69, 9.17) is 0 Å². The summed E-state index contributed by atoms with van der Waals surface area (Å²) < 4.78 is 37.7. The zero-order valence-electron chi connectivity index (χ0n) is 9.85. The number of carbonyl (C=O) groups excluding carboxylic acids is 1. The largest absolute Gasteiger partial charge is 0.416 e. The maximum Gasteiger partial charge on any atom is 0.416 e. The Balaban J connectivity index is 1.78. The van der Waals surface area contributed by atoms with Crippen LogP contribution in [0.15, 0.2) is 22.7 Å². The Labute approximate surface area is 116 Å². The van der Waals surface area contributed by atoms with E-state index in [0.29, 0.717) is 0 Å². The molecule has 102 valence electrons. The van der Waals surface area contributed by atoms with Crippen LogP contribution in [0.4, 0.5) is 13.2 Å². The normalized spacial score (nSPS) is 28.3. The van der Waals surface area contributed by atoms with Gasteiger partial charge in [0.2, 0.25) is 0 Å². The molecule has 3 saturated carbocycles. The van der Waals surface area contributed by atoms with Gasteiger partial charge < -0.3 is 5.32 Å². The summed E-state index contributed by atoms with van der Waals surface area (Å²) in [6.07, 6.45) is -1.41. The van der Waals surface area contributed by atoms with E-state index in [-0.39, 0.29) is 21.5 Å². The van der Waals surface area contributed by atoms with Crippen molar-refractivity contribution in [2.75, 3.05) is 0 Å². The fourth-order valence-electron chi connectivity index (χ4n) is 2.82. The van der Waals surface area contributed by atoms with E-state index < -0.39 is 11.7 Å². The second-order valence-corrected chi connectivity index (χ2v) is 6.26. The molecule has 1 aromatic carbocycles. The summed E-state index contributed by atoms with van der Waals surface area (Å²) in [6.45, 7) is 0. The van der Waals surface area contributed by atoms with E-state index in [0.717, 1.165) is 37.3 Å². The number of hydrogen-bond acceptors (Lipinski definition) is 1. The Morgan fingerprint density at radius 1 is 1.32 bits per heavy atom. The van der Waals surface area contributed by atoms with Crippen LogP contribution >= 0.6 is 15.9 Å². The molecule has 1 aromatic rings. The number of rotatable bonds is 2. The summed E-state index contributed by atoms with van der Waals surface area (Å²) in [4.78, 5) is 12.0. The molecule has 6 heteroatoms. The lowest BCUT2D eigenvalue weighted by atomic mass is 9.50. The predicted molar refractivity (Wildman–Crippen MR) is 66.7 cm³/mol. The first-order valence-electron chi connectivity index (χ1n) is 5.98. The Morgan fingerprint density at radius 2 is 1.95 bits per heavy atom. The summed E-state index contributed by atoms with van der Waals surface area (Å²) in [5.74, 6) is 0.426. The van der Waals surface area contributed by atoms with Crippen molar-refractivity contribution in [2.45, 2.75) is 31.0 Å². The van der Waals surface area contributed by atoms with Crippen LogP contribution in [0.5, 0.6) is 0 Å². The van der Waals surface area contributed by atoms with Gasteiger partial charge in [-0.2, -0.15) is 13.2 Å². The highest BCUT2D eigenvalue weighted by molar-refractivity contribution is 9.10. The number of amides is 1. The number of halogens is 4. The molecule has 3 fully saturated rings. The van der Waals surface area contributed by atoms with Crippen LogP contribution in [-0.4, -0.2) is 11.4 Å². The van der Waals surface area contributed by atoms with E-state index in [2.05, 4.69) is 21.2 Å². The predicted octanol–water partition coefficient (Wildman–Crippen LogP) is 3.75. The summed E-state index contributed by atoms with van der Waals surface area (Å²) >= 11 is 3.04. The zero-order chi connectivity index (χ0) is 13.8. The van der Waals surface area contributed by atoms with E-state index in [1.807, 2.05) is 0 Å².